The average Bonchev–Trinajstić information content (AvgIpc) is 3.22. The van der Waals surface area contributed by atoms with Crippen molar-refractivity contribution in [2.24, 2.45) is 16.6 Å². The summed E-state index contributed by atoms with van der Waals surface area (Å²) in [6, 6.07) is 3.62. The molecule has 1 unspecified atom stereocenters. The van der Waals surface area contributed by atoms with Gasteiger partial charge in [0.1, 0.15) is 5.75 Å². The molecule has 0 spiro atoms. The summed E-state index contributed by atoms with van der Waals surface area (Å²) in [5.74, 6) is 0.550. The second kappa shape index (κ2) is 4.79. The Bertz CT molecular complexity index is 827. The SMILES string of the molecule is CN1C(=O)C(c2cc(-c3cncc(O)c3)cs2)(C2CC2)N=C1N. The van der Waals surface area contributed by atoms with Crippen LogP contribution < -0.4 is 5.73 Å². The number of likely N-dealkylation sites (N-methyl/N-ethyl adjacent to an activating group) is 1. The minimum absolute atomic E-state index is 0.0556. The fourth-order valence-corrected chi connectivity index (χ4v) is 4.20. The molecule has 1 saturated carbocycles. The Balaban J connectivity index is 1.80. The van der Waals surface area contributed by atoms with Gasteiger partial charge in [0.25, 0.3) is 5.91 Å². The summed E-state index contributed by atoms with van der Waals surface area (Å²) in [4.78, 5) is 23.7. The van der Waals surface area contributed by atoms with Gasteiger partial charge < -0.3 is 10.8 Å². The molecule has 1 aliphatic heterocycles. The fourth-order valence-electron chi connectivity index (χ4n) is 3.07. The van der Waals surface area contributed by atoms with E-state index in [4.69, 9.17) is 5.73 Å². The van der Waals surface area contributed by atoms with Crippen LogP contribution in [0.2, 0.25) is 0 Å². The molecule has 2 aromatic heterocycles. The Kier molecular flexibility index (Phi) is 2.96. The highest BCUT2D eigenvalue weighted by Crippen LogP contribution is 2.53. The van der Waals surface area contributed by atoms with E-state index in [-0.39, 0.29) is 23.5 Å². The lowest BCUT2D eigenvalue weighted by molar-refractivity contribution is -0.131. The molecule has 1 aliphatic carbocycles. The number of guanidine groups is 1. The van der Waals surface area contributed by atoms with Crippen LogP contribution in [0.4, 0.5) is 0 Å². The van der Waals surface area contributed by atoms with Gasteiger partial charge in [-0.05, 0) is 41.8 Å². The first kappa shape index (κ1) is 14.2. The van der Waals surface area contributed by atoms with E-state index in [9.17, 15) is 9.90 Å². The molecule has 0 bridgehead atoms. The fraction of sp³-hybridized carbons (Fsp3) is 0.312. The molecule has 0 radical (unpaired) electrons. The molecule has 3 N–H and O–H groups in total. The topological polar surface area (TPSA) is 91.8 Å². The Morgan fingerprint density at radius 2 is 2.13 bits per heavy atom. The van der Waals surface area contributed by atoms with E-state index in [1.54, 1.807) is 19.3 Å². The third-order valence-corrected chi connectivity index (χ3v) is 5.52. The van der Waals surface area contributed by atoms with E-state index in [1.165, 1.54) is 22.4 Å². The number of pyridine rings is 1. The maximum Gasteiger partial charge on any atom is 0.262 e. The number of rotatable bonds is 3. The second-order valence-electron chi connectivity index (χ2n) is 6.01. The quantitative estimate of drug-likeness (QED) is 0.900. The van der Waals surface area contributed by atoms with Gasteiger partial charge in [-0.3, -0.25) is 14.7 Å². The number of nitrogens with zero attached hydrogens (tertiary/aromatic N) is 3. The Morgan fingerprint density at radius 1 is 1.35 bits per heavy atom. The zero-order chi connectivity index (χ0) is 16.2. The van der Waals surface area contributed by atoms with Crippen molar-refractivity contribution in [1.29, 1.82) is 0 Å². The maximum absolute atomic E-state index is 12.8. The van der Waals surface area contributed by atoms with Crippen LogP contribution in [0.3, 0.4) is 0 Å². The predicted octanol–water partition coefficient (Wildman–Crippen LogP) is 1.91. The summed E-state index contributed by atoms with van der Waals surface area (Å²) in [6.45, 7) is 0. The number of thiophene rings is 1. The van der Waals surface area contributed by atoms with Gasteiger partial charge in [0, 0.05) is 23.7 Å². The van der Waals surface area contributed by atoms with E-state index < -0.39 is 5.54 Å². The van der Waals surface area contributed by atoms with Gasteiger partial charge in [-0.2, -0.15) is 0 Å². The van der Waals surface area contributed by atoms with Crippen LogP contribution in [0.5, 0.6) is 5.75 Å². The second-order valence-corrected chi connectivity index (χ2v) is 6.92. The van der Waals surface area contributed by atoms with E-state index in [2.05, 4.69) is 9.98 Å². The summed E-state index contributed by atoms with van der Waals surface area (Å²) in [6.07, 6.45) is 5.05. The number of aromatic nitrogens is 1. The largest absolute Gasteiger partial charge is 0.506 e. The zero-order valence-electron chi connectivity index (χ0n) is 12.6. The Morgan fingerprint density at radius 3 is 2.74 bits per heavy atom. The van der Waals surface area contributed by atoms with Crippen LogP contribution in [0.1, 0.15) is 17.7 Å². The molecule has 0 aromatic carbocycles. The molecule has 1 fully saturated rings. The van der Waals surface area contributed by atoms with Crippen LogP contribution >= 0.6 is 11.3 Å². The number of amides is 1. The molecule has 1 atom stereocenters. The number of carbonyl (C=O) groups is 1. The number of aliphatic imine (C=N–C) groups is 1. The van der Waals surface area contributed by atoms with E-state index in [0.29, 0.717) is 0 Å². The van der Waals surface area contributed by atoms with E-state index >= 15 is 0 Å². The molecule has 2 aromatic rings. The van der Waals surface area contributed by atoms with Gasteiger partial charge in [0.05, 0.1) is 6.20 Å². The van der Waals surface area contributed by atoms with Crippen molar-refractivity contribution in [2.75, 3.05) is 7.05 Å². The molecule has 4 rings (SSSR count). The number of carbonyl (C=O) groups excluding carboxylic acids is 1. The highest BCUT2D eigenvalue weighted by Gasteiger charge is 2.58. The van der Waals surface area contributed by atoms with Gasteiger partial charge in [0.15, 0.2) is 11.5 Å². The van der Waals surface area contributed by atoms with Gasteiger partial charge in [-0.1, -0.05) is 0 Å². The van der Waals surface area contributed by atoms with Crippen LogP contribution in [-0.4, -0.2) is 33.9 Å². The lowest BCUT2D eigenvalue weighted by atomic mass is 9.90. The first-order valence-electron chi connectivity index (χ1n) is 7.39. The number of nitrogens with two attached hydrogens (primary N) is 1. The molecule has 6 nitrogen and oxygen atoms in total. The van der Waals surface area contributed by atoms with Crippen molar-refractivity contribution in [3.8, 4) is 16.9 Å². The summed E-state index contributed by atoms with van der Waals surface area (Å²) < 4.78 is 0. The first-order valence-corrected chi connectivity index (χ1v) is 8.27. The molecule has 23 heavy (non-hydrogen) atoms. The molecule has 118 valence electrons. The van der Waals surface area contributed by atoms with E-state index in [0.717, 1.165) is 28.8 Å². The van der Waals surface area contributed by atoms with Crippen molar-refractivity contribution in [3.05, 3.63) is 34.8 Å². The smallest absolute Gasteiger partial charge is 0.262 e. The van der Waals surface area contributed by atoms with Crippen molar-refractivity contribution in [3.63, 3.8) is 0 Å². The highest BCUT2D eigenvalue weighted by atomic mass is 32.1. The minimum atomic E-state index is -0.869. The normalized spacial score (nSPS) is 24.1. The number of hydrogen-bond donors (Lipinski definition) is 2. The predicted molar refractivity (Wildman–Crippen MR) is 88.0 cm³/mol. The zero-order valence-corrected chi connectivity index (χ0v) is 13.4. The third kappa shape index (κ3) is 2.03. The molecule has 1 amide bonds. The summed E-state index contributed by atoms with van der Waals surface area (Å²) >= 11 is 1.50. The van der Waals surface area contributed by atoms with E-state index in [1.807, 2.05) is 11.4 Å². The van der Waals surface area contributed by atoms with Crippen LogP contribution in [-0.2, 0) is 10.3 Å². The highest BCUT2D eigenvalue weighted by molar-refractivity contribution is 7.10. The Labute approximate surface area is 137 Å². The van der Waals surface area contributed by atoms with Gasteiger partial charge in [-0.25, -0.2) is 4.99 Å². The van der Waals surface area contributed by atoms with Gasteiger partial charge >= 0.3 is 0 Å². The van der Waals surface area contributed by atoms with Crippen molar-refractivity contribution in [1.82, 2.24) is 9.88 Å². The molecule has 0 saturated heterocycles. The summed E-state index contributed by atoms with van der Waals surface area (Å²) in [5, 5.41) is 11.6. The molecule has 3 heterocycles. The minimum Gasteiger partial charge on any atom is -0.506 e. The Hall–Kier alpha value is -2.41. The summed E-state index contributed by atoms with van der Waals surface area (Å²) in [7, 11) is 1.67. The molecular formula is C16H16N4O2S. The lowest BCUT2D eigenvalue weighted by Gasteiger charge is -2.23. The van der Waals surface area contributed by atoms with Crippen LogP contribution in [0, 0.1) is 5.92 Å². The maximum atomic E-state index is 12.8. The van der Waals surface area contributed by atoms with Crippen molar-refractivity contribution < 1.29 is 9.90 Å². The van der Waals surface area contributed by atoms with Gasteiger partial charge in [0.2, 0.25) is 0 Å². The molecule has 2 aliphatic rings. The monoisotopic (exact) mass is 328 g/mol. The van der Waals surface area contributed by atoms with Gasteiger partial charge in [-0.15, -0.1) is 11.3 Å². The standard InChI is InChI=1S/C16H16N4O2S/c1-20-14(22)16(11-2-3-11,19-15(20)17)13-5-10(8-23-13)9-4-12(21)7-18-6-9/h4-8,11,21H,2-3H2,1H3,(H2,17,19). The van der Waals surface area contributed by atoms with Crippen LogP contribution in [0.15, 0.2) is 34.9 Å². The number of hydrogen-bond acceptors (Lipinski definition) is 6. The molecule has 7 heteroatoms. The summed E-state index contributed by atoms with van der Waals surface area (Å²) in [5.41, 5.74) is 6.77. The van der Waals surface area contributed by atoms with Crippen LogP contribution in [0.25, 0.3) is 11.1 Å². The average molecular weight is 328 g/mol. The number of aromatic hydroxyl groups is 1. The molecular weight excluding hydrogens is 312 g/mol. The first-order chi connectivity index (χ1) is 11.0. The third-order valence-electron chi connectivity index (χ3n) is 4.47. The van der Waals surface area contributed by atoms with Crippen molar-refractivity contribution in [2.45, 2.75) is 18.4 Å². The lowest BCUT2D eigenvalue weighted by Crippen LogP contribution is -2.41. The van der Waals surface area contributed by atoms with Crippen molar-refractivity contribution >= 4 is 23.2 Å².